The van der Waals surface area contributed by atoms with Gasteiger partial charge in [0.15, 0.2) is 12.0 Å². The van der Waals surface area contributed by atoms with E-state index in [9.17, 15) is 4.79 Å². The Hall–Kier alpha value is -1.88. The van der Waals surface area contributed by atoms with Crippen molar-refractivity contribution < 1.29 is 14.1 Å². The van der Waals surface area contributed by atoms with Gasteiger partial charge in [-0.1, -0.05) is 5.16 Å². The van der Waals surface area contributed by atoms with E-state index in [0.29, 0.717) is 24.6 Å². The van der Waals surface area contributed by atoms with E-state index in [2.05, 4.69) is 5.16 Å². The van der Waals surface area contributed by atoms with Crippen LogP contribution in [0.5, 0.6) is 0 Å². The van der Waals surface area contributed by atoms with E-state index in [1.54, 1.807) is 17.7 Å². The molecule has 2 aromatic rings. The van der Waals surface area contributed by atoms with Crippen molar-refractivity contribution in [2.75, 3.05) is 7.11 Å². The molecule has 2 rings (SSSR count). The Morgan fingerprint density at radius 1 is 1.62 bits per heavy atom. The summed E-state index contributed by atoms with van der Waals surface area (Å²) < 4.78 is 11.8. The van der Waals surface area contributed by atoms with Crippen LogP contribution in [0.2, 0.25) is 0 Å². The lowest BCUT2D eigenvalue weighted by Gasteiger charge is -2.00. The molecule has 5 nitrogen and oxygen atoms in total. The monoisotopic (exact) mass is 220 g/mol. The Morgan fingerprint density at radius 3 is 3.25 bits per heavy atom. The Morgan fingerprint density at radius 2 is 2.50 bits per heavy atom. The van der Waals surface area contributed by atoms with Gasteiger partial charge in [-0.3, -0.25) is 4.79 Å². The van der Waals surface area contributed by atoms with Gasteiger partial charge in [-0.2, -0.15) is 0 Å². The van der Waals surface area contributed by atoms with Gasteiger partial charge >= 0.3 is 0 Å². The summed E-state index contributed by atoms with van der Waals surface area (Å²) in [5.41, 5.74) is 1.39. The molecule has 0 atom stereocenters. The van der Waals surface area contributed by atoms with Crippen molar-refractivity contribution in [1.29, 1.82) is 0 Å². The molecule has 0 unspecified atom stereocenters. The molecule has 0 aliphatic heterocycles. The molecule has 2 aromatic heterocycles. The van der Waals surface area contributed by atoms with Crippen LogP contribution in [0.3, 0.4) is 0 Å². The summed E-state index contributed by atoms with van der Waals surface area (Å²) in [5.74, 6) is 0.678. The first kappa shape index (κ1) is 10.6. The Bertz CT molecular complexity index is 473. The summed E-state index contributed by atoms with van der Waals surface area (Å²) in [6.07, 6.45) is 2.64. The van der Waals surface area contributed by atoms with Gasteiger partial charge in [0.05, 0.1) is 12.2 Å². The predicted octanol–water partition coefficient (Wildman–Crippen LogP) is 1.48. The van der Waals surface area contributed by atoms with Crippen LogP contribution >= 0.6 is 0 Å². The van der Waals surface area contributed by atoms with Crippen LogP contribution in [-0.2, 0) is 17.9 Å². The maximum atomic E-state index is 10.7. The molecule has 0 spiro atoms. The van der Waals surface area contributed by atoms with Gasteiger partial charge in [0.2, 0.25) is 0 Å². The molecule has 0 saturated heterocycles. The molecule has 0 aromatic carbocycles. The molecule has 0 bridgehead atoms. The molecule has 0 amide bonds. The highest BCUT2D eigenvalue weighted by Crippen LogP contribution is 2.08. The Balaban J connectivity index is 2.11. The second kappa shape index (κ2) is 4.76. The van der Waals surface area contributed by atoms with E-state index in [0.717, 1.165) is 12.0 Å². The van der Waals surface area contributed by atoms with Crippen LogP contribution in [-0.4, -0.2) is 23.1 Å². The molecular weight excluding hydrogens is 208 g/mol. The fourth-order valence-electron chi connectivity index (χ4n) is 1.49. The molecule has 0 N–H and O–H groups in total. The summed E-state index contributed by atoms with van der Waals surface area (Å²) in [6, 6.07) is 5.39. The number of carbonyl (C=O) groups is 1. The zero-order valence-corrected chi connectivity index (χ0v) is 8.92. The van der Waals surface area contributed by atoms with Gasteiger partial charge < -0.3 is 13.8 Å². The fraction of sp³-hybridized carbons (Fsp3) is 0.273. The number of hydrogen-bond acceptors (Lipinski definition) is 4. The second-order valence-corrected chi connectivity index (χ2v) is 3.40. The smallest absolute Gasteiger partial charge is 0.166 e. The van der Waals surface area contributed by atoms with Crippen molar-refractivity contribution in [3.05, 3.63) is 41.5 Å². The van der Waals surface area contributed by atoms with Crippen molar-refractivity contribution in [1.82, 2.24) is 9.72 Å². The third-order valence-electron chi connectivity index (χ3n) is 2.21. The van der Waals surface area contributed by atoms with Gasteiger partial charge in [-0.05, 0) is 12.1 Å². The summed E-state index contributed by atoms with van der Waals surface area (Å²) in [4.78, 5) is 10.7. The highest BCUT2D eigenvalue weighted by Gasteiger charge is 2.06. The van der Waals surface area contributed by atoms with Crippen molar-refractivity contribution in [3.8, 4) is 0 Å². The lowest BCUT2D eigenvalue weighted by molar-refractivity contribution is 0.111. The lowest BCUT2D eigenvalue weighted by Crippen LogP contribution is -2.02. The molecular formula is C11H12N2O3. The van der Waals surface area contributed by atoms with Crippen LogP contribution in [0.25, 0.3) is 0 Å². The highest BCUT2D eigenvalue weighted by atomic mass is 16.5. The van der Waals surface area contributed by atoms with Crippen molar-refractivity contribution >= 4 is 6.29 Å². The quantitative estimate of drug-likeness (QED) is 0.716. The number of methoxy groups -OCH3 is 1. The third kappa shape index (κ3) is 2.20. The van der Waals surface area contributed by atoms with Gasteiger partial charge in [0.25, 0.3) is 0 Å². The predicted molar refractivity (Wildman–Crippen MR) is 56.1 cm³/mol. The first-order valence-corrected chi connectivity index (χ1v) is 4.87. The van der Waals surface area contributed by atoms with Crippen LogP contribution in [0.15, 0.2) is 28.9 Å². The number of rotatable bonds is 5. The zero-order valence-electron chi connectivity index (χ0n) is 8.92. The van der Waals surface area contributed by atoms with Crippen LogP contribution in [0.1, 0.15) is 21.9 Å². The molecule has 84 valence electrons. The summed E-state index contributed by atoms with van der Waals surface area (Å²) in [7, 11) is 1.60. The van der Waals surface area contributed by atoms with Crippen LogP contribution in [0.4, 0.5) is 0 Å². The van der Waals surface area contributed by atoms with E-state index < -0.39 is 0 Å². The van der Waals surface area contributed by atoms with Gasteiger partial charge in [-0.25, -0.2) is 0 Å². The van der Waals surface area contributed by atoms with Crippen LogP contribution in [0, 0.1) is 0 Å². The summed E-state index contributed by atoms with van der Waals surface area (Å²) in [6.45, 7) is 0.924. The van der Waals surface area contributed by atoms with Gasteiger partial charge in [0.1, 0.15) is 12.3 Å². The van der Waals surface area contributed by atoms with Crippen molar-refractivity contribution in [2.24, 2.45) is 0 Å². The minimum Gasteiger partial charge on any atom is -0.377 e. The zero-order chi connectivity index (χ0) is 11.4. The fourth-order valence-corrected chi connectivity index (χ4v) is 1.49. The second-order valence-electron chi connectivity index (χ2n) is 3.40. The molecule has 16 heavy (non-hydrogen) atoms. The standard InChI is InChI=1S/C11H12N2O3/c1-15-8-11-5-9(12-16-11)6-13-4-2-3-10(13)7-14/h2-5,7H,6,8H2,1H3. The third-order valence-corrected chi connectivity index (χ3v) is 2.21. The number of aromatic nitrogens is 2. The van der Waals surface area contributed by atoms with E-state index in [1.807, 2.05) is 18.3 Å². The molecule has 0 aliphatic rings. The Labute approximate surface area is 92.6 Å². The molecule has 5 heteroatoms. The summed E-state index contributed by atoms with van der Waals surface area (Å²) >= 11 is 0. The van der Waals surface area contributed by atoms with Crippen LogP contribution < -0.4 is 0 Å². The maximum absolute atomic E-state index is 10.7. The maximum Gasteiger partial charge on any atom is 0.166 e. The summed E-state index contributed by atoms with van der Waals surface area (Å²) in [5, 5.41) is 3.89. The molecule has 0 fully saturated rings. The van der Waals surface area contributed by atoms with Gasteiger partial charge in [-0.15, -0.1) is 0 Å². The number of nitrogens with zero attached hydrogens (tertiary/aromatic N) is 2. The largest absolute Gasteiger partial charge is 0.377 e. The minimum atomic E-state index is 0.402. The number of ether oxygens (including phenoxy) is 1. The average molecular weight is 220 g/mol. The van der Waals surface area contributed by atoms with E-state index in [4.69, 9.17) is 9.26 Å². The Kier molecular flexibility index (Phi) is 3.16. The number of carbonyl (C=O) groups excluding carboxylic acids is 1. The van der Waals surface area contributed by atoms with E-state index in [-0.39, 0.29) is 0 Å². The van der Waals surface area contributed by atoms with E-state index >= 15 is 0 Å². The normalized spacial score (nSPS) is 10.6. The minimum absolute atomic E-state index is 0.402. The number of aldehydes is 1. The van der Waals surface area contributed by atoms with Gasteiger partial charge in [0, 0.05) is 19.4 Å². The lowest BCUT2D eigenvalue weighted by atomic mass is 10.3. The first-order chi connectivity index (χ1) is 7.83. The van der Waals surface area contributed by atoms with E-state index in [1.165, 1.54) is 0 Å². The molecule has 0 radical (unpaired) electrons. The van der Waals surface area contributed by atoms with Crippen molar-refractivity contribution in [2.45, 2.75) is 13.2 Å². The molecule has 0 aliphatic carbocycles. The molecule has 2 heterocycles. The number of hydrogen-bond donors (Lipinski definition) is 0. The average Bonchev–Trinajstić information content (AvgIpc) is 2.89. The topological polar surface area (TPSA) is 57.3 Å². The molecule has 0 saturated carbocycles. The SMILES string of the molecule is COCc1cc(Cn2cccc2C=O)no1. The first-order valence-electron chi connectivity index (χ1n) is 4.87. The highest BCUT2D eigenvalue weighted by molar-refractivity contribution is 5.72. The van der Waals surface area contributed by atoms with Crippen molar-refractivity contribution in [3.63, 3.8) is 0 Å².